The molecule has 3 heteroatoms. The predicted octanol–water partition coefficient (Wildman–Crippen LogP) is 10.0. The van der Waals surface area contributed by atoms with Crippen LogP contribution in [-0.2, 0) is 5.41 Å². The van der Waals surface area contributed by atoms with Gasteiger partial charge in [-0.2, -0.15) is 0 Å². The molecule has 0 fully saturated rings. The van der Waals surface area contributed by atoms with E-state index in [1.54, 1.807) is 0 Å². The highest BCUT2D eigenvalue weighted by atomic mass is 32.2. The molecular formula is C37H24N2S. The molecular weight excluding hydrogens is 504 g/mol. The van der Waals surface area contributed by atoms with Gasteiger partial charge in [0, 0.05) is 26.7 Å². The van der Waals surface area contributed by atoms with Crippen LogP contribution < -0.4 is 10.2 Å². The highest BCUT2D eigenvalue weighted by Crippen LogP contribution is 2.67. The Hall–Kier alpha value is -4.73. The van der Waals surface area contributed by atoms with Gasteiger partial charge in [0.25, 0.3) is 0 Å². The van der Waals surface area contributed by atoms with E-state index in [4.69, 9.17) is 0 Å². The van der Waals surface area contributed by atoms with Gasteiger partial charge in [-0.05, 0) is 70.3 Å². The fourth-order valence-corrected chi connectivity index (χ4v) is 8.27. The molecule has 6 aromatic carbocycles. The normalized spacial score (nSPS) is 16.9. The summed E-state index contributed by atoms with van der Waals surface area (Å²) in [6.07, 6.45) is 0. The molecule has 188 valence electrons. The van der Waals surface area contributed by atoms with Crippen molar-refractivity contribution < 1.29 is 0 Å². The van der Waals surface area contributed by atoms with E-state index in [2.05, 4.69) is 150 Å². The average molecular weight is 529 g/mol. The Bertz CT molecular complexity index is 1980. The molecule has 1 N–H and O–H groups in total. The lowest BCUT2D eigenvalue weighted by Gasteiger charge is -2.47. The van der Waals surface area contributed by atoms with E-state index in [1.165, 1.54) is 60.2 Å². The molecule has 40 heavy (non-hydrogen) atoms. The van der Waals surface area contributed by atoms with E-state index in [0.29, 0.717) is 0 Å². The van der Waals surface area contributed by atoms with Crippen molar-refractivity contribution in [1.29, 1.82) is 0 Å². The number of hydrogen-bond acceptors (Lipinski definition) is 3. The largest absolute Gasteiger partial charge is 0.355 e. The molecule has 2 aliphatic heterocycles. The standard InChI is InChI=1S/C37H24N2S/c1-2-12-24(13-3-1)38-30-19-10-17-28-35(30)25-14-4-5-15-26(25)37(28)27-16-6-7-20-31(27)39-32-21-8-9-22-33(32)40-34-23-11-18-29(37)36(34)39/h1-23,38H. The molecule has 9 rings (SSSR count). The lowest BCUT2D eigenvalue weighted by molar-refractivity contribution is 0.746. The van der Waals surface area contributed by atoms with E-state index in [-0.39, 0.29) is 0 Å². The second-order valence-corrected chi connectivity index (χ2v) is 11.7. The van der Waals surface area contributed by atoms with Crippen LogP contribution in [0.1, 0.15) is 22.3 Å². The number of rotatable bonds is 2. The van der Waals surface area contributed by atoms with Crippen LogP contribution in [-0.4, -0.2) is 0 Å². The first kappa shape index (κ1) is 22.1. The van der Waals surface area contributed by atoms with Crippen LogP contribution in [0.5, 0.6) is 0 Å². The van der Waals surface area contributed by atoms with Gasteiger partial charge < -0.3 is 10.2 Å². The molecule has 0 aromatic heterocycles. The maximum atomic E-state index is 3.76. The Kier molecular flexibility index (Phi) is 4.50. The summed E-state index contributed by atoms with van der Waals surface area (Å²) in [6.45, 7) is 0. The number of para-hydroxylation sites is 4. The molecule has 1 spiro atoms. The first-order chi connectivity index (χ1) is 19.9. The van der Waals surface area contributed by atoms with Crippen molar-refractivity contribution in [2.75, 3.05) is 10.2 Å². The van der Waals surface area contributed by atoms with E-state index in [0.717, 1.165) is 11.4 Å². The minimum atomic E-state index is -0.425. The summed E-state index contributed by atoms with van der Waals surface area (Å²) in [6, 6.07) is 51.0. The second kappa shape index (κ2) is 8.14. The topological polar surface area (TPSA) is 15.3 Å². The fraction of sp³-hybridized carbons (Fsp3) is 0.0270. The summed E-state index contributed by atoms with van der Waals surface area (Å²) in [4.78, 5) is 5.10. The van der Waals surface area contributed by atoms with Crippen molar-refractivity contribution in [2.45, 2.75) is 15.2 Å². The number of benzene rings is 6. The molecule has 3 aliphatic rings. The van der Waals surface area contributed by atoms with Crippen molar-refractivity contribution in [3.8, 4) is 11.1 Å². The molecule has 0 radical (unpaired) electrons. The van der Waals surface area contributed by atoms with Gasteiger partial charge in [0.15, 0.2) is 0 Å². The van der Waals surface area contributed by atoms with Gasteiger partial charge in [0.05, 0.1) is 22.5 Å². The van der Waals surface area contributed by atoms with Crippen molar-refractivity contribution in [1.82, 2.24) is 0 Å². The Balaban J connectivity index is 1.41. The third kappa shape index (κ3) is 2.75. The molecule has 0 amide bonds. The quantitative estimate of drug-likeness (QED) is 0.240. The van der Waals surface area contributed by atoms with Crippen molar-refractivity contribution in [3.63, 3.8) is 0 Å². The number of anilines is 5. The maximum absolute atomic E-state index is 3.76. The van der Waals surface area contributed by atoms with Gasteiger partial charge in [0.1, 0.15) is 0 Å². The smallest absolute Gasteiger partial charge is 0.0755 e. The lowest BCUT2D eigenvalue weighted by Crippen LogP contribution is -2.37. The Labute approximate surface area is 237 Å². The van der Waals surface area contributed by atoms with Gasteiger partial charge in [-0.1, -0.05) is 109 Å². The summed E-state index contributed by atoms with van der Waals surface area (Å²) in [5, 5.41) is 3.76. The van der Waals surface area contributed by atoms with Crippen molar-refractivity contribution in [2.24, 2.45) is 0 Å². The van der Waals surface area contributed by atoms with Crippen molar-refractivity contribution in [3.05, 3.63) is 162 Å². The molecule has 1 aliphatic carbocycles. The summed E-state index contributed by atoms with van der Waals surface area (Å²) in [5.41, 5.74) is 13.5. The zero-order valence-corrected chi connectivity index (χ0v) is 22.5. The Morgan fingerprint density at radius 2 is 1.15 bits per heavy atom. The minimum absolute atomic E-state index is 0.425. The zero-order valence-electron chi connectivity index (χ0n) is 21.6. The van der Waals surface area contributed by atoms with Crippen LogP contribution in [0.25, 0.3) is 11.1 Å². The molecule has 1 atom stereocenters. The monoisotopic (exact) mass is 528 g/mol. The summed E-state index contributed by atoms with van der Waals surface area (Å²) in [5.74, 6) is 0. The highest BCUT2D eigenvalue weighted by molar-refractivity contribution is 7.99. The lowest BCUT2D eigenvalue weighted by atomic mass is 9.64. The van der Waals surface area contributed by atoms with Crippen LogP contribution in [0.15, 0.2) is 149 Å². The summed E-state index contributed by atoms with van der Waals surface area (Å²) in [7, 11) is 0. The van der Waals surface area contributed by atoms with E-state index >= 15 is 0 Å². The molecule has 0 saturated carbocycles. The SMILES string of the molecule is c1ccc(Nc2cccc3c2-c2ccccc2C32c3ccccc3N3c4ccccc4Sc4cccc2c43)cc1. The van der Waals surface area contributed by atoms with Crippen molar-refractivity contribution >= 4 is 40.2 Å². The third-order valence-electron chi connectivity index (χ3n) is 8.62. The van der Waals surface area contributed by atoms with Crippen LogP contribution >= 0.6 is 11.8 Å². The second-order valence-electron chi connectivity index (χ2n) is 10.6. The Morgan fingerprint density at radius 1 is 0.500 bits per heavy atom. The fourth-order valence-electron chi connectivity index (χ4n) is 7.18. The maximum Gasteiger partial charge on any atom is 0.0755 e. The van der Waals surface area contributed by atoms with Crippen LogP contribution in [0.2, 0.25) is 0 Å². The number of hydrogen-bond donors (Lipinski definition) is 1. The van der Waals surface area contributed by atoms with Crippen LogP contribution in [0.4, 0.5) is 28.4 Å². The van der Waals surface area contributed by atoms with Crippen LogP contribution in [0.3, 0.4) is 0 Å². The molecule has 2 nitrogen and oxygen atoms in total. The number of nitrogens with zero attached hydrogens (tertiary/aromatic N) is 1. The van der Waals surface area contributed by atoms with Gasteiger partial charge in [0.2, 0.25) is 0 Å². The number of fused-ring (bicyclic) bond motifs is 11. The predicted molar refractivity (Wildman–Crippen MR) is 166 cm³/mol. The molecule has 0 saturated heterocycles. The van der Waals surface area contributed by atoms with Crippen LogP contribution in [0, 0.1) is 0 Å². The third-order valence-corrected chi connectivity index (χ3v) is 9.74. The summed E-state index contributed by atoms with van der Waals surface area (Å²) >= 11 is 1.88. The zero-order chi connectivity index (χ0) is 26.3. The van der Waals surface area contributed by atoms with E-state index < -0.39 is 5.41 Å². The molecule has 0 bridgehead atoms. The number of nitrogens with one attached hydrogen (secondary N) is 1. The molecule has 2 heterocycles. The minimum Gasteiger partial charge on any atom is -0.355 e. The van der Waals surface area contributed by atoms with E-state index in [1.807, 2.05) is 11.8 Å². The average Bonchev–Trinajstić information content (AvgIpc) is 3.31. The highest BCUT2D eigenvalue weighted by Gasteiger charge is 2.53. The van der Waals surface area contributed by atoms with Gasteiger partial charge >= 0.3 is 0 Å². The van der Waals surface area contributed by atoms with E-state index in [9.17, 15) is 0 Å². The van der Waals surface area contributed by atoms with Gasteiger partial charge in [-0.25, -0.2) is 0 Å². The van der Waals surface area contributed by atoms with Gasteiger partial charge in [-0.15, -0.1) is 0 Å². The summed E-state index contributed by atoms with van der Waals surface area (Å²) < 4.78 is 0. The van der Waals surface area contributed by atoms with Gasteiger partial charge in [-0.3, -0.25) is 0 Å². The Morgan fingerprint density at radius 3 is 2.05 bits per heavy atom. The molecule has 1 unspecified atom stereocenters. The first-order valence-corrected chi connectivity index (χ1v) is 14.5. The first-order valence-electron chi connectivity index (χ1n) is 13.7. The molecule has 6 aromatic rings.